The van der Waals surface area contributed by atoms with Crippen molar-refractivity contribution in [3.8, 4) is 17.2 Å². The number of hydrogen-bond donors (Lipinski definition) is 3. The second-order valence-electron chi connectivity index (χ2n) is 4.60. The molecule has 2 aromatic carbocycles. The first-order valence-electron chi connectivity index (χ1n) is 6.43. The molecule has 2 aromatic rings. The minimum Gasteiger partial charge on any atom is -0.507 e. The summed E-state index contributed by atoms with van der Waals surface area (Å²) < 4.78 is 5.02. The first-order chi connectivity index (χ1) is 10.8. The highest BCUT2D eigenvalue weighted by atomic mass is 16.5. The molecule has 0 aromatic heterocycles. The van der Waals surface area contributed by atoms with Crippen molar-refractivity contribution in [3.63, 3.8) is 0 Å². The average molecular weight is 316 g/mol. The molecule has 7 heteroatoms. The van der Waals surface area contributed by atoms with E-state index < -0.39 is 34.6 Å². The molecule has 0 bridgehead atoms. The lowest BCUT2D eigenvalue weighted by molar-refractivity contribution is 0.0693. The van der Waals surface area contributed by atoms with Gasteiger partial charge in [-0.2, -0.15) is 0 Å². The number of carboxylic acids is 1. The molecular formula is C16H12O7. The molecular weight excluding hydrogens is 304 g/mol. The highest BCUT2D eigenvalue weighted by molar-refractivity contribution is 6.05. The van der Waals surface area contributed by atoms with Crippen LogP contribution >= 0.6 is 0 Å². The number of carbonyl (C=O) groups excluding carboxylic acids is 2. The number of aromatic hydroxyl groups is 2. The van der Waals surface area contributed by atoms with Gasteiger partial charge in [0, 0.05) is 0 Å². The highest BCUT2D eigenvalue weighted by Crippen LogP contribution is 2.33. The molecule has 0 unspecified atom stereocenters. The summed E-state index contributed by atoms with van der Waals surface area (Å²) in [6.45, 7) is 1.10. The fourth-order valence-electron chi connectivity index (χ4n) is 1.97. The van der Waals surface area contributed by atoms with E-state index in [-0.39, 0.29) is 17.1 Å². The third-order valence-electron chi connectivity index (χ3n) is 3.05. The fraction of sp³-hybridized carbons (Fsp3) is 0.0625. The number of phenols is 2. The number of aromatic carboxylic acids is 1. The van der Waals surface area contributed by atoms with E-state index in [0.717, 1.165) is 19.1 Å². The van der Waals surface area contributed by atoms with Crippen LogP contribution in [0.4, 0.5) is 0 Å². The minimum atomic E-state index is -1.43. The maximum absolute atomic E-state index is 12.0. The van der Waals surface area contributed by atoms with Gasteiger partial charge in [-0.15, -0.1) is 0 Å². The Labute approximate surface area is 130 Å². The molecule has 23 heavy (non-hydrogen) atoms. The van der Waals surface area contributed by atoms with Gasteiger partial charge in [-0.1, -0.05) is 12.1 Å². The fourth-order valence-corrected chi connectivity index (χ4v) is 1.97. The Bertz CT molecular complexity index is 808. The van der Waals surface area contributed by atoms with Gasteiger partial charge in [0.2, 0.25) is 0 Å². The number of carboxylic acid groups (broad SMARTS) is 1. The van der Waals surface area contributed by atoms with Crippen molar-refractivity contribution >= 4 is 17.7 Å². The number of rotatable bonds is 4. The van der Waals surface area contributed by atoms with Gasteiger partial charge < -0.3 is 20.1 Å². The van der Waals surface area contributed by atoms with Crippen molar-refractivity contribution in [1.29, 1.82) is 0 Å². The number of hydrogen-bond acceptors (Lipinski definition) is 6. The Hall–Kier alpha value is -3.35. The van der Waals surface area contributed by atoms with E-state index in [9.17, 15) is 24.6 Å². The van der Waals surface area contributed by atoms with Crippen molar-refractivity contribution < 1.29 is 34.4 Å². The summed E-state index contributed by atoms with van der Waals surface area (Å²) in [6.07, 6.45) is 0. The van der Waals surface area contributed by atoms with Crippen LogP contribution in [-0.4, -0.2) is 33.0 Å². The Kier molecular flexibility index (Phi) is 4.31. The zero-order chi connectivity index (χ0) is 17.1. The first-order valence-corrected chi connectivity index (χ1v) is 6.43. The van der Waals surface area contributed by atoms with Crippen LogP contribution < -0.4 is 4.74 Å². The van der Waals surface area contributed by atoms with Crippen LogP contribution in [-0.2, 0) is 0 Å². The quantitative estimate of drug-likeness (QED) is 0.449. The van der Waals surface area contributed by atoms with Gasteiger partial charge in [-0.05, 0) is 31.2 Å². The number of carbonyl (C=O) groups is 3. The monoisotopic (exact) mass is 316 g/mol. The molecule has 3 N–H and O–H groups in total. The van der Waals surface area contributed by atoms with Gasteiger partial charge >= 0.3 is 11.9 Å². The van der Waals surface area contributed by atoms with Crippen LogP contribution in [0, 0.1) is 0 Å². The Morgan fingerprint density at radius 3 is 2.17 bits per heavy atom. The maximum atomic E-state index is 12.0. The molecule has 0 atom stereocenters. The molecule has 0 aliphatic heterocycles. The lowest BCUT2D eigenvalue weighted by Gasteiger charge is -2.12. The zero-order valence-electron chi connectivity index (χ0n) is 11.9. The smallest absolute Gasteiger partial charge is 0.347 e. The SMILES string of the molecule is CC(=O)c1c(OC(=O)c2ccccc2O)ccc(C(=O)O)c1O. The van der Waals surface area contributed by atoms with Crippen LogP contribution in [0.3, 0.4) is 0 Å². The van der Waals surface area contributed by atoms with E-state index in [1.54, 1.807) is 0 Å². The predicted molar refractivity (Wildman–Crippen MR) is 78.1 cm³/mol. The topological polar surface area (TPSA) is 121 Å². The van der Waals surface area contributed by atoms with Crippen LogP contribution in [0.15, 0.2) is 36.4 Å². The van der Waals surface area contributed by atoms with E-state index in [0.29, 0.717) is 0 Å². The molecule has 2 rings (SSSR count). The highest BCUT2D eigenvalue weighted by Gasteiger charge is 2.23. The molecule has 0 amide bonds. The Morgan fingerprint density at radius 1 is 0.957 bits per heavy atom. The summed E-state index contributed by atoms with van der Waals surface area (Å²) in [7, 11) is 0. The van der Waals surface area contributed by atoms with Crippen molar-refractivity contribution in [2.24, 2.45) is 0 Å². The van der Waals surface area contributed by atoms with Gasteiger partial charge in [0.25, 0.3) is 0 Å². The molecule has 0 saturated heterocycles. The number of ether oxygens (including phenoxy) is 1. The third-order valence-corrected chi connectivity index (χ3v) is 3.05. The molecule has 7 nitrogen and oxygen atoms in total. The van der Waals surface area contributed by atoms with E-state index in [1.165, 1.54) is 24.3 Å². The number of Topliss-reactive ketones (excluding diaryl/α,β-unsaturated/α-hetero) is 1. The van der Waals surface area contributed by atoms with E-state index in [2.05, 4.69) is 0 Å². The molecule has 0 heterocycles. The van der Waals surface area contributed by atoms with Gasteiger partial charge in [0.05, 0.1) is 0 Å². The normalized spacial score (nSPS) is 10.1. The van der Waals surface area contributed by atoms with Gasteiger partial charge in [0.15, 0.2) is 5.78 Å². The van der Waals surface area contributed by atoms with E-state index >= 15 is 0 Å². The first kappa shape index (κ1) is 16.0. The van der Waals surface area contributed by atoms with Crippen LogP contribution in [0.5, 0.6) is 17.2 Å². The molecule has 0 spiro atoms. The van der Waals surface area contributed by atoms with Crippen LogP contribution in [0.25, 0.3) is 0 Å². The van der Waals surface area contributed by atoms with Crippen molar-refractivity contribution in [1.82, 2.24) is 0 Å². The minimum absolute atomic E-state index is 0.135. The van der Waals surface area contributed by atoms with E-state index in [4.69, 9.17) is 9.84 Å². The largest absolute Gasteiger partial charge is 0.507 e. The number of phenolic OH excluding ortho intramolecular Hbond substituents is 1. The molecule has 0 aliphatic carbocycles. The van der Waals surface area contributed by atoms with Gasteiger partial charge in [0.1, 0.15) is 33.9 Å². The van der Waals surface area contributed by atoms with Crippen LogP contribution in [0.1, 0.15) is 38.0 Å². The number of para-hydroxylation sites is 1. The second-order valence-corrected chi connectivity index (χ2v) is 4.60. The third kappa shape index (κ3) is 3.13. The summed E-state index contributed by atoms with van der Waals surface area (Å²) in [6, 6.07) is 7.73. The maximum Gasteiger partial charge on any atom is 0.347 e. The Balaban J connectivity index is 2.46. The van der Waals surface area contributed by atoms with Gasteiger partial charge in [-0.3, -0.25) is 4.79 Å². The molecule has 0 aliphatic rings. The summed E-state index contributed by atoms with van der Waals surface area (Å²) in [5.41, 5.74) is -1.05. The molecule has 0 fully saturated rings. The van der Waals surface area contributed by atoms with Crippen molar-refractivity contribution in [2.45, 2.75) is 6.92 Å². The standard InChI is InChI=1S/C16H12O7/c1-8(17)13-12(7-6-10(14(13)19)15(20)21)23-16(22)9-4-2-3-5-11(9)18/h2-7,18-19H,1H3,(H,20,21). The van der Waals surface area contributed by atoms with Gasteiger partial charge in [-0.25, -0.2) is 9.59 Å². The average Bonchev–Trinajstić information content (AvgIpc) is 2.46. The van der Waals surface area contributed by atoms with Crippen molar-refractivity contribution in [3.05, 3.63) is 53.1 Å². The summed E-state index contributed by atoms with van der Waals surface area (Å²) in [4.78, 5) is 34.7. The summed E-state index contributed by atoms with van der Waals surface area (Å²) in [5, 5.41) is 28.5. The zero-order valence-corrected chi connectivity index (χ0v) is 11.9. The lowest BCUT2D eigenvalue weighted by Crippen LogP contribution is -2.12. The number of esters is 1. The van der Waals surface area contributed by atoms with E-state index in [1.807, 2.05) is 0 Å². The summed E-state index contributed by atoms with van der Waals surface area (Å²) >= 11 is 0. The second kappa shape index (κ2) is 6.18. The molecule has 0 radical (unpaired) electrons. The predicted octanol–water partition coefficient (Wildman–Crippen LogP) is 2.22. The molecule has 0 saturated carbocycles. The summed E-state index contributed by atoms with van der Waals surface area (Å²) in [5.74, 6) is -4.45. The van der Waals surface area contributed by atoms with Crippen LogP contribution in [0.2, 0.25) is 0 Å². The lowest BCUT2D eigenvalue weighted by atomic mass is 10.0. The number of ketones is 1. The molecule has 118 valence electrons. The number of benzene rings is 2. The Morgan fingerprint density at radius 2 is 1.61 bits per heavy atom. The van der Waals surface area contributed by atoms with Crippen molar-refractivity contribution in [2.75, 3.05) is 0 Å².